The lowest BCUT2D eigenvalue weighted by atomic mass is 10.0. The molecule has 1 heterocycles. The number of ether oxygens (including phenoxy) is 1. The number of anilines is 2. The third kappa shape index (κ3) is 5.82. The Kier molecular flexibility index (Phi) is 7.27. The molecule has 0 unspecified atom stereocenters. The topological polar surface area (TPSA) is 101 Å². The van der Waals surface area contributed by atoms with Gasteiger partial charge in [0.2, 0.25) is 0 Å². The number of hydrogen-bond donors (Lipinski definition) is 3. The Hall–Kier alpha value is -3.51. The van der Waals surface area contributed by atoms with Crippen LogP contribution >= 0.6 is 11.3 Å². The van der Waals surface area contributed by atoms with Crippen LogP contribution in [0.15, 0.2) is 48.7 Å². The van der Waals surface area contributed by atoms with Gasteiger partial charge in [-0.2, -0.15) is 13.2 Å². The zero-order chi connectivity index (χ0) is 25.9. The highest BCUT2D eigenvalue weighted by atomic mass is 32.1. The molecule has 12 heteroatoms. The van der Waals surface area contributed by atoms with Crippen LogP contribution in [0.25, 0.3) is 10.4 Å². The molecule has 1 aliphatic rings. The van der Waals surface area contributed by atoms with Crippen molar-refractivity contribution in [2.24, 2.45) is 0 Å². The first-order valence-electron chi connectivity index (χ1n) is 10.9. The first-order chi connectivity index (χ1) is 17.1. The number of carbonyl (C=O) groups excluding carboxylic acids is 1. The highest BCUT2D eigenvalue weighted by Gasteiger charge is 2.40. The summed E-state index contributed by atoms with van der Waals surface area (Å²) < 4.78 is 58.2. The van der Waals surface area contributed by atoms with Gasteiger partial charge < -0.3 is 20.5 Å². The van der Waals surface area contributed by atoms with Gasteiger partial charge in [0.25, 0.3) is 0 Å². The van der Waals surface area contributed by atoms with E-state index in [2.05, 4.69) is 15.6 Å². The van der Waals surface area contributed by atoms with Gasteiger partial charge in [0, 0.05) is 11.9 Å². The number of aromatic nitrogens is 1. The minimum Gasteiger partial charge on any atom is -0.480 e. The molecule has 2 aromatic carbocycles. The maximum absolute atomic E-state index is 13.9. The van der Waals surface area contributed by atoms with Crippen LogP contribution in [-0.2, 0) is 21.3 Å². The van der Waals surface area contributed by atoms with Gasteiger partial charge in [-0.1, -0.05) is 25.0 Å². The van der Waals surface area contributed by atoms with E-state index in [-0.39, 0.29) is 0 Å². The lowest BCUT2D eigenvalue weighted by molar-refractivity contribution is -0.150. The number of alkyl halides is 3. The second-order valence-electron chi connectivity index (χ2n) is 8.26. The van der Waals surface area contributed by atoms with E-state index in [9.17, 15) is 27.2 Å². The van der Waals surface area contributed by atoms with Crippen LogP contribution in [-0.4, -0.2) is 28.7 Å². The van der Waals surface area contributed by atoms with Crippen molar-refractivity contribution in [2.45, 2.75) is 37.5 Å². The summed E-state index contributed by atoms with van der Waals surface area (Å²) in [5, 5.41) is 14.3. The van der Waals surface area contributed by atoms with Gasteiger partial charge in [0.05, 0.1) is 16.1 Å². The molecule has 0 saturated heterocycles. The molecule has 0 spiro atoms. The lowest BCUT2D eigenvalue weighted by Crippen LogP contribution is -2.28. The summed E-state index contributed by atoms with van der Waals surface area (Å²) in [6.07, 6.45) is 0.223. The summed E-state index contributed by atoms with van der Waals surface area (Å²) in [4.78, 5) is 28.5. The summed E-state index contributed by atoms with van der Waals surface area (Å²) >= 11 is 1.40. The van der Waals surface area contributed by atoms with Crippen molar-refractivity contribution in [2.75, 3.05) is 17.2 Å². The molecule has 0 aliphatic heterocycles. The van der Waals surface area contributed by atoms with E-state index in [1.807, 2.05) is 0 Å². The SMILES string of the molecule is O=C(O)COC1(c2ncc(-c3ccc(NC(=O)Nc4cc(C(F)(F)F)ccc4F)cc3)s2)CCCC1. The summed E-state index contributed by atoms with van der Waals surface area (Å²) in [5.74, 6) is -2.04. The number of carboxylic acid groups (broad SMARTS) is 1. The molecule has 2 amide bonds. The molecule has 1 fully saturated rings. The quantitative estimate of drug-likeness (QED) is 0.308. The smallest absolute Gasteiger partial charge is 0.416 e. The van der Waals surface area contributed by atoms with Crippen molar-refractivity contribution < 1.29 is 37.0 Å². The van der Waals surface area contributed by atoms with Gasteiger partial charge in [-0.25, -0.2) is 19.0 Å². The number of benzene rings is 2. The fourth-order valence-corrected chi connectivity index (χ4v) is 5.11. The molecule has 4 rings (SSSR count). The van der Waals surface area contributed by atoms with Gasteiger partial charge in [-0.05, 0) is 48.7 Å². The van der Waals surface area contributed by atoms with E-state index in [1.165, 1.54) is 11.3 Å². The molecule has 190 valence electrons. The first kappa shape index (κ1) is 25.6. The van der Waals surface area contributed by atoms with E-state index in [4.69, 9.17) is 9.84 Å². The Bertz CT molecular complexity index is 1250. The second kappa shape index (κ2) is 10.2. The van der Waals surface area contributed by atoms with Crippen molar-refractivity contribution in [3.63, 3.8) is 0 Å². The van der Waals surface area contributed by atoms with Gasteiger partial charge in [-0.15, -0.1) is 11.3 Å². The maximum atomic E-state index is 13.9. The second-order valence-corrected chi connectivity index (χ2v) is 9.29. The van der Waals surface area contributed by atoms with Crippen LogP contribution < -0.4 is 10.6 Å². The molecule has 1 aromatic heterocycles. The average molecular weight is 524 g/mol. The lowest BCUT2D eigenvalue weighted by Gasteiger charge is -2.26. The van der Waals surface area contributed by atoms with Crippen LogP contribution in [0.1, 0.15) is 36.3 Å². The number of nitrogens with one attached hydrogen (secondary N) is 2. The zero-order valence-electron chi connectivity index (χ0n) is 18.7. The molecule has 3 N–H and O–H groups in total. The molecule has 0 atom stereocenters. The summed E-state index contributed by atoms with van der Waals surface area (Å²) in [6.45, 7) is -0.401. The number of aliphatic carboxylic acids is 1. The molecule has 7 nitrogen and oxygen atoms in total. The molecule has 0 radical (unpaired) electrons. The number of hydrogen-bond acceptors (Lipinski definition) is 5. The number of carboxylic acids is 1. The Balaban J connectivity index is 1.43. The van der Waals surface area contributed by atoms with Gasteiger partial charge >= 0.3 is 18.2 Å². The summed E-state index contributed by atoms with van der Waals surface area (Å²) in [7, 11) is 0. The van der Waals surface area contributed by atoms with Crippen molar-refractivity contribution in [3.05, 3.63) is 65.0 Å². The van der Waals surface area contributed by atoms with Gasteiger partial charge in [-0.3, -0.25) is 0 Å². The number of thiazole rings is 1. The highest BCUT2D eigenvalue weighted by molar-refractivity contribution is 7.15. The van der Waals surface area contributed by atoms with E-state index >= 15 is 0 Å². The zero-order valence-corrected chi connectivity index (χ0v) is 19.5. The normalized spacial score (nSPS) is 15.0. The van der Waals surface area contributed by atoms with Crippen molar-refractivity contribution in [1.82, 2.24) is 4.98 Å². The number of rotatable bonds is 7. The van der Waals surface area contributed by atoms with Crippen LogP contribution in [0, 0.1) is 5.82 Å². The predicted molar refractivity (Wildman–Crippen MR) is 125 cm³/mol. The Morgan fingerprint density at radius 2 is 1.78 bits per heavy atom. The van der Waals surface area contributed by atoms with E-state index in [0.717, 1.165) is 23.3 Å². The number of urea groups is 1. The predicted octanol–water partition coefficient (Wildman–Crippen LogP) is 6.48. The minimum atomic E-state index is -4.67. The van der Waals surface area contributed by atoms with Crippen LogP contribution in [0.5, 0.6) is 0 Å². The van der Waals surface area contributed by atoms with E-state index in [0.29, 0.717) is 41.7 Å². The fraction of sp³-hybridized carbons (Fsp3) is 0.292. The number of nitrogens with zero attached hydrogens (tertiary/aromatic N) is 1. The third-order valence-corrected chi connectivity index (χ3v) is 6.98. The molecular weight excluding hydrogens is 502 g/mol. The summed E-state index contributed by atoms with van der Waals surface area (Å²) in [5.41, 5.74) is -1.26. The molecule has 1 aliphatic carbocycles. The van der Waals surface area contributed by atoms with Crippen molar-refractivity contribution in [3.8, 4) is 10.4 Å². The average Bonchev–Trinajstić information content (AvgIpc) is 3.50. The van der Waals surface area contributed by atoms with E-state index < -0.39 is 47.5 Å². The fourth-order valence-electron chi connectivity index (χ4n) is 3.98. The molecule has 3 aromatic rings. The third-order valence-electron chi connectivity index (χ3n) is 5.75. The minimum absolute atomic E-state index is 0.338. The van der Waals surface area contributed by atoms with Crippen LogP contribution in [0.2, 0.25) is 0 Å². The number of halogens is 4. The summed E-state index contributed by atoms with van der Waals surface area (Å²) in [6, 6.07) is 7.46. The van der Waals surface area contributed by atoms with Crippen LogP contribution in [0.4, 0.5) is 33.7 Å². The van der Waals surface area contributed by atoms with Crippen LogP contribution in [0.3, 0.4) is 0 Å². The van der Waals surface area contributed by atoms with Crippen molar-refractivity contribution in [1.29, 1.82) is 0 Å². The molecule has 36 heavy (non-hydrogen) atoms. The van der Waals surface area contributed by atoms with E-state index in [1.54, 1.807) is 30.5 Å². The Labute approximate surface area is 207 Å². The largest absolute Gasteiger partial charge is 0.480 e. The van der Waals surface area contributed by atoms with Gasteiger partial charge in [0.1, 0.15) is 23.0 Å². The first-order valence-corrected chi connectivity index (χ1v) is 11.7. The standard InChI is InChI=1S/C24H21F4N3O4S/c25-17-8-5-15(24(26,27)28)11-18(17)31-22(34)30-16-6-3-14(4-7-16)19-12-29-21(36-19)23(9-1-2-10-23)35-13-20(32)33/h3-8,11-12H,1-2,9-10,13H2,(H,32,33)(H2,30,31,34). The highest BCUT2D eigenvalue weighted by Crippen LogP contribution is 2.45. The molecular formula is C24H21F4N3O4S. The molecule has 1 saturated carbocycles. The Morgan fingerprint density at radius 1 is 1.08 bits per heavy atom. The number of amides is 2. The molecule has 0 bridgehead atoms. The Morgan fingerprint density at radius 3 is 2.42 bits per heavy atom. The number of carbonyl (C=O) groups is 2. The maximum Gasteiger partial charge on any atom is 0.416 e. The monoisotopic (exact) mass is 523 g/mol. The van der Waals surface area contributed by atoms with Crippen molar-refractivity contribution >= 4 is 34.7 Å². The van der Waals surface area contributed by atoms with Gasteiger partial charge in [0.15, 0.2) is 0 Å².